The van der Waals surface area contributed by atoms with Crippen molar-refractivity contribution in [2.24, 2.45) is 5.73 Å². The van der Waals surface area contributed by atoms with Gasteiger partial charge in [-0.25, -0.2) is 0 Å². The third-order valence-electron chi connectivity index (χ3n) is 4.49. The molecule has 0 saturated carbocycles. The molecule has 3 N–H and O–H groups in total. The molecule has 26 heavy (non-hydrogen) atoms. The number of nitrogens with one attached hydrogen (secondary N) is 1. The SMILES string of the molecule is COc1ccc(C(C)NC(=O)/C(C#N)=C\N2CCN(CCN)CC2)cc1. The van der Waals surface area contributed by atoms with Crippen LogP contribution < -0.4 is 15.8 Å². The van der Waals surface area contributed by atoms with Gasteiger partial charge in [-0.2, -0.15) is 5.26 Å². The maximum Gasteiger partial charge on any atom is 0.263 e. The normalized spacial score (nSPS) is 16.7. The second kappa shape index (κ2) is 9.80. The summed E-state index contributed by atoms with van der Waals surface area (Å²) < 4.78 is 5.14. The van der Waals surface area contributed by atoms with Gasteiger partial charge in [0.05, 0.1) is 13.2 Å². The Bertz CT molecular complexity index is 658. The standard InChI is InChI=1S/C19H27N5O2/c1-15(16-3-5-18(26-2)6-4-16)22-19(25)17(13-21)14-24-11-9-23(8-7-20)10-12-24/h3-6,14-15H,7-12,20H2,1-2H3,(H,22,25)/b17-14-. The lowest BCUT2D eigenvalue weighted by Gasteiger charge is -2.33. The summed E-state index contributed by atoms with van der Waals surface area (Å²) in [6.07, 6.45) is 1.66. The smallest absolute Gasteiger partial charge is 0.263 e. The molecule has 0 bridgehead atoms. The predicted octanol–water partition coefficient (Wildman–Crippen LogP) is 0.856. The minimum Gasteiger partial charge on any atom is -0.497 e. The molecule has 140 valence electrons. The molecular weight excluding hydrogens is 330 g/mol. The van der Waals surface area contributed by atoms with Gasteiger partial charge in [0.1, 0.15) is 17.4 Å². The number of benzene rings is 1. The molecule has 0 spiro atoms. The minimum atomic E-state index is -0.361. The van der Waals surface area contributed by atoms with Crippen molar-refractivity contribution >= 4 is 5.91 Å². The zero-order chi connectivity index (χ0) is 18.9. The first-order valence-corrected chi connectivity index (χ1v) is 8.80. The van der Waals surface area contributed by atoms with E-state index in [0.717, 1.165) is 44.0 Å². The summed E-state index contributed by atoms with van der Waals surface area (Å²) in [7, 11) is 1.61. The van der Waals surface area contributed by atoms with E-state index in [9.17, 15) is 10.1 Å². The third kappa shape index (κ3) is 5.48. The van der Waals surface area contributed by atoms with Crippen molar-refractivity contribution in [2.45, 2.75) is 13.0 Å². The van der Waals surface area contributed by atoms with E-state index >= 15 is 0 Å². The average molecular weight is 357 g/mol. The highest BCUT2D eigenvalue weighted by Crippen LogP contribution is 2.17. The number of hydrogen-bond acceptors (Lipinski definition) is 6. The first-order chi connectivity index (χ1) is 12.6. The summed E-state index contributed by atoms with van der Waals surface area (Å²) >= 11 is 0. The number of methoxy groups -OCH3 is 1. The zero-order valence-electron chi connectivity index (χ0n) is 15.4. The van der Waals surface area contributed by atoms with Crippen LogP contribution in [0.5, 0.6) is 5.75 Å². The van der Waals surface area contributed by atoms with Crippen molar-refractivity contribution in [3.63, 3.8) is 0 Å². The Morgan fingerprint density at radius 3 is 2.54 bits per heavy atom. The van der Waals surface area contributed by atoms with E-state index in [-0.39, 0.29) is 17.5 Å². The van der Waals surface area contributed by atoms with Crippen LogP contribution >= 0.6 is 0 Å². The number of carbonyl (C=O) groups is 1. The van der Waals surface area contributed by atoms with Crippen LogP contribution in [0, 0.1) is 11.3 Å². The first-order valence-electron chi connectivity index (χ1n) is 8.80. The molecule has 1 heterocycles. The van der Waals surface area contributed by atoms with Crippen LogP contribution in [0.2, 0.25) is 0 Å². The maximum absolute atomic E-state index is 12.4. The third-order valence-corrected chi connectivity index (χ3v) is 4.49. The van der Waals surface area contributed by atoms with Gasteiger partial charge < -0.3 is 20.7 Å². The van der Waals surface area contributed by atoms with E-state index in [1.165, 1.54) is 0 Å². The second-order valence-electron chi connectivity index (χ2n) is 6.29. The van der Waals surface area contributed by atoms with E-state index in [4.69, 9.17) is 10.5 Å². The van der Waals surface area contributed by atoms with Crippen LogP contribution in [0.1, 0.15) is 18.5 Å². The van der Waals surface area contributed by atoms with Crippen LogP contribution in [0.4, 0.5) is 0 Å². The number of nitrogens with two attached hydrogens (primary N) is 1. The summed E-state index contributed by atoms with van der Waals surface area (Å²) in [5.74, 6) is 0.402. The van der Waals surface area contributed by atoms with Crippen LogP contribution in [-0.4, -0.2) is 62.1 Å². The summed E-state index contributed by atoms with van der Waals surface area (Å²) in [6.45, 7) is 6.75. The lowest BCUT2D eigenvalue weighted by molar-refractivity contribution is -0.117. The molecule has 1 aliphatic rings. The summed E-state index contributed by atoms with van der Waals surface area (Å²) in [5.41, 5.74) is 6.65. The summed E-state index contributed by atoms with van der Waals surface area (Å²) in [4.78, 5) is 16.7. The molecule has 0 aromatic heterocycles. The number of carbonyl (C=O) groups excluding carboxylic acids is 1. The maximum atomic E-state index is 12.4. The Morgan fingerprint density at radius 1 is 1.35 bits per heavy atom. The Balaban J connectivity index is 1.94. The molecule has 1 aliphatic heterocycles. The van der Waals surface area contributed by atoms with Crippen LogP contribution in [-0.2, 0) is 4.79 Å². The van der Waals surface area contributed by atoms with Gasteiger partial charge in [-0.3, -0.25) is 9.69 Å². The molecular formula is C19H27N5O2. The Labute approximate surface area is 155 Å². The summed E-state index contributed by atoms with van der Waals surface area (Å²) in [6, 6.07) is 9.30. The second-order valence-corrected chi connectivity index (χ2v) is 6.29. The van der Waals surface area contributed by atoms with Gasteiger partial charge in [-0.1, -0.05) is 12.1 Å². The van der Waals surface area contributed by atoms with Gasteiger partial charge in [-0.05, 0) is 24.6 Å². The Hall–Kier alpha value is -2.56. The molecule has 0 aliphatic carbocycles. The van der Waals surface area contributed by atoms with Gasteiger partial charge in [0.25, 0.3) is 5.91 Å². The van der Waals surface area contributed by atoms with E-state index < -0.39 is 0 Å². The van der Waals surface area contributed by atoms with E-state index in [1.807, 2.05) is 42.2 Å². The predicted molar refractivity (Wildman–Crippen MR) is 100 cm³/mol. The van der Waals surface area contributed by atoms with Crippen molar-refractivity contribution in [2.75, 3.05) is 46.4 Å². The van der Waals surface area contributed by atoms with Crippen molar-refractivity contribution in [1.29, 1.82) is 5.26 Å². The van der Waals surface area contributed by atoms with E-state index in [1.54, 1.807) is 13.3 Å². The molecule has 7 nitrogen and oxygen atoms in total. The number of hydrogen-bond donors (Lipinski definition) is 2. The number of nitrogens with zero attached hydrogens (tertiary/aromatic N) is 3. The van der Waals surface area contributed by atoms with Crippen molar-refractivity contribution in [3.8, 4) is 11.8 Å². The van der Waals surface area contributed by atoms with Crippen molar-refractivity contribution in [1.82, 2.24) is 15.1 Å². The summed E-state index contributed by atoms with van der Waals surface area (Å²) in [5, 5.41) is 12.2. The largest absolute Gasteiger partial charge is 0.497 e. The van der Waals surface area contributed by atoms with Crippen molar-refractivity contribution in [3.05, 3.63) is 41.6 Å². The van der Waals surface area contributed by atoms with Crippen LogP contribution in [0.25, 0.3) is 0 Å². The van der Waals surface area contributed by atoms with Gasteiger partial charge in [0, 0.05) is 45.5 Å². The topological polar surface area (TPSA) is 94.6 Å². The lowest BCUT2D eigenvalue weighted by atomic mass is 10.1. The highest BCUT2D eigenvalue weighted by Gasteiger charge is 2.18. The Kier molecular flexibility index (Phi) is 7.45. The van der Waals surface area contributed by atoms with Gasteiger partial charge >= 0.3 is 0 Å². The number of nitriles is 1. The van der Waals surface area contributed by atoms with Crippen LogP contribution in [0.15, 0.2) is 36.0 Å². The monoisotopic (exact) mass is 357 g/mol. The minimum absolute atomic E-state index is 0.123. The molecule has 7 heteroatoms. The van der Waals surface area contributed by atoms with Crippen LogP contribution in [0.3, 0.4) is 0 Å². The van der Waals surface area contributed by atoms with Crippen molar-refractivity contribution < 1.29 is 9.53 Å². The number of ether oxygens (including phenoxy) is 1. The first kappa shape index (κ1) is 19.8. The molecule has 1 amide bonds. The highest BCUT2D eigenvalue weighted by atomic mass is 16.5. The molecule has 2 rings (SSSR count). The number of piperazine rings is 1. The van der Waals surface area contributed by atoms with Gasteiger partial charge in [0.15, 0.2) is 0 Å². The fraction of sp³-hybridized carbons (Fsp3) is 0.474. The molecule has 1 fully saturated rings. The van der Waals surface area contributed by atoms with E-state index in [0.29, 0.717) is 6.54 Å². The Morgan fingerprint density at radius 2 is 2.00 bits per heavy atom. The molecule has 1 unspecified atom stereocenters. The molecule has 1 saturated heterocycles. The number of amides is 1. The average Bonchev–Trinajstić information content (AvgIpc) is 2.67. The van der Waals surface area contributed by atoms with Gasteiger partial charge in [0.2, 0.25) is 0 Å². The zero-order valence-corrected chi connectivity index (χ0v) is 15.4. The highest BCUT2D eigenvalue weighted by molar-refractivity contribution is 5.97. The lowest BCUT2D eigenvalue weighted by Crippen LogP contribution is -2.46. The number of rotatable bonds is 7. The molecule has 1 atom stereocenters. The van der Waals surface area contributed by atoms with Gasteiger partial charge in [-0.15, -0.1) is 0 Å². The van der Waals surface area contributed by atoms with E-state index in [2.05, 4.69) is 10.2 Å². The molecule has 1 aromatic carbocycles. The molecule has 1 aromatic rings. The fourth-order valence-electron chi connectivity index (χ4n) is 2.87. The fourth-order valence-corrected chi connectivity index (χ4v) is 2.87. The quantitative estimate of drug-likeness (QED) is 0.555. The molecule has 0 radical (unpaired) electrons.